The van der Waals surface area contributed by atoms with Gasteiger partial charge in [-0.25, -0.2) is 10.2 Å². The molecule has 0 aliphatic rings. The van der Waals surface area contributed by atoms with Crippen molar-refractivity contribution in [3.63, 3.8) is 0 Å². The molecule has 2 aromatic rings. The number of carbonyl (C=O) groups excluding carboxylic acids is 2. The van der Waals surface area contributed by atoms with Crippen LogP contribution in [0.4, 0.5) is 5.69 Å². The molecule has 0 heterocycles. The van der Waals surface area contributed by atoms with Gasteiger partial charge in [-0.2, -0.15) is 5.10 Å². The lowest BCUT2D eigenvalue weighted by Gasteiger charge is -2.06. The van der Waals surface area contributed by atoms with E-state index in [1.165, 1.54) is 6.21 Å². The molecule has 0 bridgehead atoms. The van der Waals surface area contributed by atoms with Crippen LogP contribution in [0.2, 0.25) is 0 Å². The summed E-state index contributed by atoms with van der Waals surface area (Å²) in [4.78, 5) is 34.3. The molecule has 0 aliphatic heterocycles. The molecule has 3 N–H and O–H groups in total. The number of ether oxygens (including phenoxy) is 1. The minimum Gasteiger partial charge on any atom is -0.481 e. The van der Waals surface area contributed by atoms with Gasteiger partial charge in [-0.3, -0.25) is 9.59 Å². The highest BCUT2D eigenvalue weighted by Gasteiger charge is 2.13. The van der Waals surface area contributed by atoms with Crippen molar-refractivity contribution in [2.24, 2.45) is 5.10 Å². The van der Waals surface area contributed by atoms with Gasteiger partial charge in [0.2, 0.25) is 0 Å². The molecule has 0 saturated heterocycles. The number of hydrogen-bond donors (Lipinski definition) is 3. The van der Waals surface area contributed by atoms with E-state index >= 15 is 0 Å². The fourth-order valence-corrected chi connectivity index (χ4v) is 2.08. The van der Waals surface area contributed by atoms with Crippen LogP contribution in [0.3, 0.4) is 0 Å². The maximum atomic E-state index is 11.9. The van der Waals surface area contributed by atoms with Crippen LogP contribution in [0.1, 0.15) is 18.1 Å². The van der Waals surface area contributed by atoms with Crippen LogP contribution >= 0.6 is 0 Å². The highest BCUT2D eigenvalue weighted by Crippen LogP contribution is 2.15. The number of benzene rings is 2. The van der Waals surface area contributed by atoms with E-state index < -0.39 is 24.4 Å². The Labute approximate surface area is 155 Å². The summed E-state index contributed by atoms with van der Waals surface area (Å²) in [6, 6.07) is 13.7. The zero-order valence-corrected chi connectivity index (χ0v) is 14.6. The third-order valence-corrected chi connectivity index (χ3v) is 3.47. The van der Waals surface area contributed by atoms with E-state index in [2.05, 4.69) is 15.8 Å². The first-order valence-electron chi connectivity index (χ1n) is 8.16. The molecule has 27 heavy (non-hydrogen) atoms. The predicted octanol–water partition coefficient (Wildman–Crippen LogP) is 1.80. The smallest absolute Gasteiger partial charge is 0.341 e. The Bertz CT molecular complexity index is 847. The summed E-state index contributed by atoms with van der Waals surface area (Å²) >= 11 is 0. The number of aryl methyl sites for hydroxylation is 1. The van der Waals surface area contributed by atoms with Crippen LogP contribution < -0.4 is 15.5 Å². The Morgan fingerprint density at radius 3 is 2.44 bits per heavy atom. The molecule has 8 heteroatoms. The van der Waals surface area contributed by atoms with Crippen molar-refractivity contribution in [1.29, 1.82) is 0 Å². The van der Waals surface area contributed by atoms with Gasteiger partial charge in [0, 0.05) is 11.3 Å². The van der Waals surface area contributed by atoms with Crippen molar-refractivity contribution in [2.75, 3.05) is 11.9 Å². The number of hydrazone groups is 1. The molecule has 140 valence electrons. The van der Waals surface area contributed by atoms with Crippen LogP contribution in [-0.4, -0.2) is 35.7 Å². The molecule has 0 unspecified atom stereocenters. The second-order valence-electron chi connectivity index (χ2n) is 5.42. The van der Waals surface area contributed by atoms with E-state index in [0.29, 0.717) is 17.0 Å². The van der Waals surface area contributed by atoms with E-state index in [1.807, 2.05) is 19.1 Å². The molecule has 0 aliphatic carbocycles. The molecule has 2 aromatic carbocycles. The standard InChI is InChI=1S/C19H19N3O5/c1-2-13-7-9-15(10-8-13)21-18(25)19(26)22-20-11-14-5-3-4-6-16(14)27-12-17(23)24/h3-11H,2,12H2,1H3,(H,21,25)(H,22,26)(H,23,24)/b20-11-. The Balaban J connectivity index is 1.92. The normalized spacial score (nSPS) is 10.4. The summed E-state index contributed by atoms with van der Waals surface area (Å²) in [5, 5.41) is 14.8. The lowest BCUT2D eigenvalue weighted by atomic mass is 10.1. The molecule has 8 nitrogen and oxygen atoms in total. The molecule has 0 atom stereocenters. The summed E-state index contributed by atoms with van der Waals surface area (Å²) in [6.07, 6.45) is 2.14. The Kier molecular flexibility index (Phi) is 7.07. The van der Waals surface area contributed by atoms with E-state index in [4.69, 9.17) is 9.84 Å². The van der Waals surface area contributed by atoms with Gasteiger partial charge >= 0.3 is 17.8 Å². The van der Waals surface area contributed by atoms with Crippen LogP contribution in [0.15, 0.2) is 53.6 Å². The number of nitrogens with zero attached hydrogens (tertiary/aromatic N) is 1. The predicted molar refractivity (Wildman–Crippen MR) is 99.8 cm³/mol. The van der Waals surface area contributed by atoms with E-state index in [1.54, 1.807) is 36.4 Å². The maximum absolute atomic E-state index is 11.9. The third-order valence-electron chi connectivity index (χ3n) is 3.47. The highest BCUT2D eigenvalue weighted by molar-refractivity contribution is 6.39. The van der Waals surface area contributed by atoms with Crippen molar-refractivity contribution < 1.29 is 24.2 Å². The van der Waals surface area contributed by atoms with Crippen LogP contribution in [-0.2, 0) is 20.8 Å². The van der Waals surface area contributed by atoms with Crippen molar-refractivity contribution in [1.82, 2.24) is 5.43 Å². The first kappa shape index (κ1) is 19.6. The zero-order valence-electron chi connectivity index (χ0n) is 14.6. The molecular formula is C19H19N3O5. The van der Waals surface area contributed by atoms with Crippen LogP contribution in [0, 0.1) is 0 Å². The molecule has 0 radical (unpaired) electrons. The minimum atomic E-state index is -1.11. The number of aliphatic carboxylic acids is 1. The summed E-state index contributed by atoms with van der Waals surface area (Å²) < 4.78 is 5.12. The summed E-state index contributed by atoms with van der Waals surface area (Å²) in [5.41, 5.74) is 4.19. The number of amides is 2. The minimum absolute atomic E-state index is 0.290. The molecule has 0 fully saturated rings. The monoisotopic (exact) mass is 369 g/mol. The number of rotatable bonds is 7. The molecule has 2 rings (SSSR count). The number of para-hydroxylation sites is 1. The van der Waals surface area contributed by atoms with Gasteiger partial charge in [-0.05, 0) is 36.2 Å². The van der Waals surface area contributed by atoms with Crippen molar-refractivity contribution >= 4 is 29.7 Å². The number of anilines is 1. The van der Waals surface area contributed by atoms with E-state index in [-0.39, 0.29) is 0 Å². The quantitative estimate of drug-likeness (QED) is 0.391. The lowest BCUT2D eigenvalue weighted by Crippen LogP contribution is -2.32. The van der Waals surface area contributed by atoms with E-state index in [9.17, 15) is 14.4 Å². The van der Waals surface area contributed by atoms with Gasteiger partial charge in [0.15, 0.2) is 6.61 Å². The van der Waals surface area contributed by atoms with Crippen LogP contribution in [0.25, 0.3) is 0 Å². The molecular weight excluding hydrogens is 350 g/mol. The number of carboxylic acid groups (broad SMARTS) is 1. The second kappa shape index (κ2) is 9.71. The Hall–Kier alpha value is -3.68. The average Bonchev–Trinajstić information content (AvgIpc) is 2.67. The Morgan fingerprint density at radius 2 is 1.78 bits per heavy atom. The van der Waals surface area contributed by atoms with Crippen molar-refractivity contribution in [3.8, 4) is 5.75 Å². The molecule has 0 aromatic heterocycles. The number of carboxylic acids is 1. The second-order valence-corrected chi connectivity index (χ2v) is 5.42. The number of hydrogen-bond acceptors (Lipinski definition) is 5. The fourth-order valence-electron chi connectivity index (χ4n) is 2.08. The number of carbonyl (C=O) groups is 3. The number of nitrogens with one attached hydrogen (secondary N) is 2. The summed E-state index contributed by atoms with van der Waals surface area (Å²) in [6.45, 7) is 1.51. The first-order chi connectivity index (χ1) is 13.0. The van der Waals surface area contributed by atoms with Gasteiger partial charge in [-0.1, -0.05) is 31.2 Å². The fraction of sp³-hybridized carbons (Fsp3) is 0.158. The topological polar surface area (TPSA) is 117 Å². The third kappa shape index (κ3) is 6.28. The average molecular weight is 369 g/mol. The lowest BCUT2D eigenvalue weighted by molar-refractivity contribution is -0.139. The van der Waals surface area contributed by atoms with Gasteiger partial charge in [0.05, 0.1) is 6.21 Å². The SMILES string of the molecule is CCc1ccc(NC(=O)C(=O)N/N=C\c2ccccc2OCC(=O)O)cc1. The highest BCUT2D eigenvalue weighted by atomic mass is 16.5. The largest absolute Gasteiger partial charge is 0.481 e. The first-order valence-corrected chi connectivity index (χ1v) is 8.16. The van der Waals surface area contributed by atoms with Gasteiger partial charge in [-0.15, -0.1) is 0 Å². The Morgan fingerprint density at radius 1 is 1.07 bits per heavy atom. The van der Waals surface area contributed by atoms with Crippen molar-refractivity contribution in [2.45, 2.75) is 13.3 Å². The maximum Gasteiger partial charge on any atom is 0.341 e. The molecule has 0 spiro atoms. The molecule has 2 amide bonds. The summed E-state index contributed by atoms with van der Waals surface area (Å²) in [7, 11) is 0. The summed E-state index contributed by atoms with van der Waals surface area (Å²) in [5.74, 6) is -2.61. The molecule has 0 saturated carbocycles. The van der Waals surface area contributed by atoms with Crippen LogP contribution in [0.5, 0.6) is 5.75 Å². The van der Waals surface area contributed by atoms with Gasteiger partial charge in [0.25, 0.3) is 0 Å². The van der Waals surface area contributed by atoms with Gasteiger partial charge in [0.1, 0.15) is 5.75 Å². The van der Waals surface area contributed by atoms with Gasteiger partial charge < -0.3 is 15.2 Å². The van der Waals surface area contributed by atoms with Crippen molar-refractivity contribution in [3.05, 3.63) is 59.7 Å². The zero-order chi connectivity index (χ0) is 19.6. The van der Waals surface area contributed by atoms with E-state index in [0.717, 1.165) is 12.0 Å².